The summed E-state index contributed by atoms with van der Waals surface area (Å²) >= 11 is 12.5. The van der Waals surface area contributed by atoms with Gasteiger partial charge in [0.1, 0.15) is 5.54 Å². The zero-order chi connectivity index (χ0) is 30.7. The van der Waals surface area contributed by atoms with E-state index in [9.17, 15) is 19.2 Å². The number of fused-ring (bicyclic) bond motifs is 3. The van der Waals surface area contributed by atoms with Crippen molar-refractivity contribution in [1.29, 1.82) is 0 Å². The van der Waals surface area contributed by atoms with E-state index < -0.39 is 47.2 Å². The molecular formula is C35H27Cl2N3O4. The maximum atomic E-state index is 14.9. The number of amides is 5. The highest BCUT2D eigenvalue weighted by Crippen LogP contribution is 2.60. The lowest BCUT2D eigenvalue weighted by atomic mass is 9.75. The van der Waals surface area contributed by atoms with Crippen LogP contribution in [0.4, 0.5) is 10.5 Å². The third kappa shape index (κ3) is 4.25. The van der Waals surface area contributed by atoms with Gasteiger partial charge < -0.3 is 4.90 Å². The van der Waals surface area contributed by atoms with Crippen molar-refractivity contribution in [2.24, 2.45) is 11.8 Å². The molecule has 0 N–H and O–H groups in total. The number of anilines is 1. The lowest BCUT2D eigenvalue weighted by Gasteiger charge is -2.35. The minimum atomic E-state index is -1.68. The maximum absolute atomic E-state index is 14.9. The smallest absolute Gasteiger partial charge is 0.300 e. The van der Waals surface area contributed by atoms with Gasteiger partial charge in [-0.3, -0.25) is 19.3 Å². The van der Waals surface area contributed by atoms with Crippen LogP contribution in [0.1, 0.15) is 28.3 Å². The number of benzene rings is 4. The van der Waals surface area contributed by atoms with E-state index in [0.717, 1.165) is 16.0 Å². The van der Waals surface area contributed by atoms with E-state index in [0.29, 0.717) is 26.9 Å². The molecule has 7 nitrogen and oxygen atoms in total. The van der Waals surface area contributed by atoms with Crippen molar-refractivity contribution in [3.8, 4) is 0 Å². The van der Waals surface area contributed by atoms with E-state index in [1.165, 1.54) is 9.80 Å². The second kappa shape index (κ2) is 10.6. The van der Waals surface area contributed by atoms with Crippen molar-refractivity contribution in [3.05, 3.63) is 135 Å². The quantitative estimate of drug-likeness (QED) is 0.179. The maximum Gasteiger partial charge on any atom is 0.332 e. The lowest BCUT2D eigenvalue weighted by Crippen LogP contribution is -2.55. The summed E-state index contributed by atoms with van der Waals surface area (Å²) in [6.45, 7) is 2.00. The molecule has 0 bridgehead atoms. The molecule has 0 saturated carbocycles. The van der Waals surface area contributed by atoms with E-state index in [2.05, 4.69) is 0 Å². The Labute approximate surface area is 264 Å². The molecule has 3 fully saturated rings. The molecule has 4 aromatic carbocycles. The van der Waals surface area contributed by atoms with Crippen LogP contribution in [-0.2, 0) is 27.3 Å². The molecule has 4 atom stereocenters. The van der Waals surface area contributed by atoms with Crippen LogP contribution in [0, 0.1) is 18.8 Å². The summed E-state index contributed by atoms with van der Waals surface area (Å²) in [7, 11) is 0. The Morgan fingerprint density at radius 2 is 1.45 bits per heavy atom. The van der Waals surface area contributed by atoms with Crippen LogP contribution in [0.2, 0.25) is 10.0 Å². The lowest BCUT2D eigenvalue weighted by molar-refractivity contribution is -0.144. The second-order valence-corrected chi connectivity index (χ2v) is 12.5. The van der Waals surface area contributed by atoms with Gasteiger partial charge >= 0.3 is 6.03 Å². The topological polar surface area (TPSA) is 78.0 Å². The first-order valence-electron chi connectivity index (χ1n) is 14.3. The summed E-state index contributed by atoms with van der Waals surface area (Å²) in [6.07, 6.45) is 0.0213. The van der Waals surface area contributed by atoms with Gasteiger partial charge in [-0.05, 0) is 53.9 Å². The number of rotatable bonds is 6. The molecule has 4 aromatic rings. The van der Waals surface area contributed by atoms with Gasteiger partial charge in [0.25, 0.3) is 5.91 Å². The molecule has 0 aromatic heterocycles. The summed E-state index contributed by atoms with van der Waals surface area (Å²) in [5.41, 5.74) is 1.74. The summed E-state index contributed by atoms with van der Waals surface area (Å²) < 4.78 is 0. The van der Waals surface area contributed by atoms with Crippen LogP contribution in [-0.4, -0.2) is 39.1 Å². The fraction of sp³-hybridized carbons (Fsp3) is 0.200. The average Bonchev–Trinajstić information content (AvgIpc) is 3.53. The van der Waals surface area contributed by atoms with Gasteiger partial charge in [0.05, 0.1) is 30.1 Å². The summed E-state index contributed by atoms with van der Waals surface area (Å²) in [4.78, 5) is 62.3. The largest absolute Gasteiger partial charge is 0.332 e. The fourth-order valence-electron chi connectivity index (χ4n) is 7.20. The highest BCUT2D eigenvalue weighted by molar-refractivity contribution is 6.32. The van der Waals surface area contributed by atoms with Gasteiger partial charge in [0, 0.05) is 16.5 Å². The summed E-state index contributed by atoms with van der Waals surface area (Å²) in [5, 5.41) is 0.872. The van der Waals surface area contributed by atoms with Gasteiger partial charge in [-0.15, -0.1) is 0 Å². The molecule has 3 unspecified atom stereocenters. The molecule has 7 rings (SSSR count). The van der Waals surface area contributed by atoms with E-state index in [4.69, 9.17) is 23.2 Å². The number of halogens is 2. The number of carbonyl (C=O) groups excluding carboxylic acids is 4. The first-order valence-corrected chi connectivity index (χ1v) is 15.1. The van der Waals surface area contributed by atoms with E-state index in [-0.39, 0.29) is 13.0 Å². The third-order valence-corrected chi connectivity index (χ3v) is 9.48. The minimum Gasteiger partial charge on any atom is -0.300 e. The van der Waals surface area contributed by atoms with Crippen molar-refractivity contribution in [3.63, 3.8) is 0 Å². The van der Waals surface area contributed by atoms with Crippen molar-refractivity contribution >= 4 is 52.6 Å². The molecule has 220 valence electrons. The zero-order valence-corrected chi connectivity index (χ0v) is 25.2. The van der Waals surface area contributed by atoms with E-state index in [1.54, 1.807) is 48.5 Å². The Kier molecular flexibility index (Phi) is 6.83. The van der Waals surface area contributed by atoms with Crippen LogP contribution in [0.25, 0.3) is 0 Å². The van der Waals surface area contributed by atoms with Crippen LogP contribution >= 0.6 is 23.2 Å². The number of aryl methyl sites for hydroxylation is 1. The number of carbonyl (C=O) groups is 4. The molecule has 0 radical (unpaired) electrons. The summed E-state index contributed by atoms with van der Waals surface area (Å²) in [6, 6.07) is 28.9. The molecule has 3 aliphatic rings. The van der Waals surface area contributed by atoms with Gasteiger partial charge in [-0.2, -0.15) is 0 Å². The predicted molar refractivity (Wildman–Crippen MR) is 167 cm³/mol. The Balaban J connectivity index is 1.45. The molecule has 3 saturated heterocycles. The van der Waals surface area contributed by atoms with Crippen molar-refractivity contribution in [1.82, 2.24) is 9.80 Å². The molecule has 44 heavy (non-hydrogen) atoms. The molecule has 0 aliphatic carbocycles. The molecule has 3 heterocycles. The molecule has 9 heteroatoms. The van der Waals surface area contributed by atoms with Gasteiger partial charge in [-0.1, -0.05) is 102 Å². The Bertz CT molecular complexity index is 1830. The molecule has 3 aliphatic heterocycles. The fourth-order valence-corrected chi connectivity index (χ4v) is 7.51. The van der Waals surface area contributed by atoms with Crippen LogP contribution in [0.15, 0.2) is 103 Å². The number of nitrogens with zero attached hydrogens (tertiary/aromatic N) is 3. The van der Waals surface area contributed by atoms with E-state index >= 15 is 0 Å². The van der Waals surface area contributed by atoms with Crippen LogP contribution < -0.4 is 4.90 Å². The highest BCUT2D eigenvalue weighted by atomic mass is 35.5. The third-order valence-electron chi connectivity index (χ3n) is 9.00. The second-order valence-electron chi connectivity index (χ2n) is 11.6. The predicted octanol–water partition coefficient (Wildman–Crippen LogP) is 6.61. The van der Waals surface area contributed by atoms with E-state index in [1.807, 2.05) is 61.5 Å². The summed E-state index contributed by atoms with van der Waals surface area (Å²) in [5.74, 6) is -3.48. The van der Waals surface area contributed by atoms with Crippen molar-refractivity contribution in [2.45, 2.75) is 31.5 Å². The van der Waals surface area contributed by atoms with Crippen molar-refractivity contribution < 1.29 is 19.2 Å². The molecular weight excluding hydrogens is 597 g/mol. The number of hydrogen-bond acceptors (Lipinski definition) is 4. The molecule has 0 spiro atoms. The normalized spacial score (nSPS) is 24.3. The van der Waals surface area contributed by atoms with Gasteiger partial charge in [-0.25, -0.2) is 9.69 Å². The zero-order valence-electron chi connectivity index (χ0n) is 23.7. The molecule has 5 amide bonds. The Hall–Kier alpha value is -4.46. The van der Waals surface area contributed by atoms with Crippen LogP contribution in [0.5, 0.6) is 0 Å². The van der Waals surface area contributed by atoms with Gasteiger partial charge in [0.15, 0.2) is 0 Å². The van der Waals surface area contributed by atoms with Crippen LogP contribution in [0.3, 0.4) is 0 Å². The first-order chi connectivity index (χ1) is 21.2. The van der Waals surface area contributed by atoms with Crippen molar-refractivity contribution in [2.75, 3.05) is 4.90 Å². The Morgan fingerprint density at radius 1 is 0.727 bits per heavy atom. The first kappa shape index (κ1) is 28.3. The number of imide groups is 2. The minimum absolute atomic E-state index is 0.0213. The number of hydrogen-bond donors (Lipinski definition) is 0. The monoisotopic (exact) mass is 623 g/mol. The Morgan fingerprint density at radius 3 is 2.16 bits per heavy atom. The average molecular weight is 625 g/mol. The standard InChI is InChI=1S/C35H27Cl2N3O4/c1-21-7-5-10-24(17-21)30-28-29(32(42)38(31(28)41)20-23-8-3-2-4-9-23)35(19-22-13-15-25(36)16-14-22)33(43)39(34(44)40(30)35)27-12-6-11-26(37)18-27/h2-18,28-30H,19-20H2,1H3/t28?,29?,30?,35-/m1/s1. The number of likely N-dealkylation sites (tertiary alicyclic amines) is 1. The SMILES string of the molecule is Cc1cccc(C2C3C(=O)N(Cc4ccccc4)C(=O)C3[C@]3(Cc4ccc(Cl)cc4)C(=O)N(c4cccc(Cl)c4)C(=O)N23)c1. The number of urea groups is 1. The van der Waals surface area contributed by atoms with Gasteiger partial charge in [0.2, 0.25) is 11.8 Å². The highest BCUT2D eigenvalue weighted by Gasteiger charge is 2.77.